The van der Waals surface area contributed by atoms with E-state index in [4.69, 9.17) is 4.74 Å². The van der Waals surface area contributed by atoms with Gasteiger partial charge in [0.25, 0.3) is 0 Å². The second kappa shape index (κ2) is 7.86. The number of hydrogen-bond donors (Lipinski definition) is 1. The number of hydrogen-bond acceptors (Lipinski definition) is 5. The molecule has 2 aromatic carbocycles. The van der Waals surface area contributed by atoms with Crippen LogP contribution in [0, 0.1) is 0 Å². The number of aromatic nitrogens is 2. The van der Waals surface area contributed by atoms with Crippen molar-refractivity contribution in [3.63, 3.8) is 0 Å². The maximum atomic E-state index is 10.2. The van der Waals surface area contributed by atoms with Gasteiger partial charge in [0.2, 0.25) is 0 Å². The number of nitrogens with zero attached hydrogens (tertiary/aromatic N) is 3. The highest BCUT2D eigenvalue weighted by molar-refractivity contribution is 5.75. The molecule has 3 aromatic rings. The van der Waals surface area contributed by atoms with E-state index in [1.807, 2.05) is 66.5 Å². The number of aliphatic hydroxyl groups is 1. The van der Waals surface area contributed by atoms with E-state index < -0.39 is 6.10 Å². The SMILES string of the molecule is CN(CC(O)COCc1ccccc1)c1cnc2ccccc2n1. The molecule has 0 aliphatic carbocycles. The van der Waals surface area contributed by atoms with Crippen molar-refractivity contribution in [2.24, 2.45) is 0 Å². The molecule has 0 amide bonds. The Bertz CT molecular complexity index is 780. The third kappa shape index (κ3) is 4.28. The molecule has 1 N–H and O–H groups in total. The van der Waals surface area contributed by atoms with Crippen molar-refractivity contribution in [3.8, 4) is 0 Å². The van der Waals surface area contributed by atoms with Crippen LogP contribution < -0.4 is 4.90 Å². The molecule has 0 aliphatic heterocycles. The van der Waals surface area contributed by atoms with Gasteiger partial charge in [-0.25, -0.2) is 4.98 Å². The Hall–Kier alpha value is -2.50. The fourth-order valence-corrected chi connectivity index (χ4v) is 2.48. The van der Waals surface area contributed by atoms with Gasteiger partial charge in [0.05, 0.1) is 36.5 Å². The maximum Gasteiger partial charge on any atom is 0.147 e. The molecule has 0 saturated heterocycles. The van der Waals surface area contributed by atoms with Crippen molar-refractivity contribution in [3.05, 3.63) is 66.4 Å². The van der Waals surface area contributed by atoms with E-state index in [2.05, 4.69) is 9.97 Å². The van der Waals surface area contributed by atoms with Crippen LogP contribution in [-0.2, 0) is 11.3 Å². The molecule has 24 heavy (non-hydrogen) atoms. The van der Waals surface area contributed by atoms with Crippen molar-refractivity contribution in [2.45, 2.75) is 12.7 Å². The van der Waals surface area contributed by atoms with Crippen molar-refractivity contribution in [2.75, 3.05) is 25.1 Å². The first kappa shape index (κ1) is 16.4. The van der Waals surface area contributed by atoms with Gasteiger partial charge in [-0.1, -0.05) is 42.5 Å². The van der Waals surface area contributed by atoms with Crippen LogP contribution in [0.3, 0.4) is 0 Å². The smallest absolute Gasteiger partial charge is 0.147 e. The minimum absolute atomic E-state index is 0.278. The van der Waals surface area contributed by atoms with Gasteiger partial charge in [0.1, 0.15) is 5.82 Å². The summed E-state index contributed by atoms with van der Waals surface area (Å²) in [6.07, 6.45) is 1.13. The molecule has 124 valence electrons. The molecule has 0 radical (unpaired) electrons. The number of likely N-dealkylation sites (N-methyl/N-ethyl adjacent to an activating group) is 1. The highest BCUT2D eigenvalue weighted by Gasteiger charge is 2.11. The van der Waals surface area contributed by atoms with Gasteiger partial charge < -0.3 is 14.7 Å². The first-order valence-electron chi connectivity index (χ1n) is 7.95. The first-order valence-corrected chi connectivity index (χ1v) is 7.95. The summed E-state index contributed by atoms with van der Waals surface area (Å²) in [6, 6.07) is 17.7. The summed E-state index contributed by atoms with van der Waals surface area (Å²) >= 11 is 0. The summed E-state index contributed by atoms with van der Waals surface area (Å²) in [6.45, 7) is 1.21. The van der Waals surface area contributed by atoms with Gasteiger partial charge >= 0.3 is 0 Å². The quantitative estimate of drug-likeness (QED) is 0.724. The van der Waals surface area contributed by atoms with Crippen LogP contribution in [0.25, 0.3) is 11.0 Å². The summed E-state index contributed by atoms with van der Waals surface area (Å²) in [5.74, 6) is 0.732. The monoisotopic (exact) mass is 323 g/mol. The lowest BCUT2D eigenvalue weighted by atomic mass is 10.2. The van der Waals surface area contributed by atoms with Crippen LogP contribution in [0.2, 0.25) is 0 Å². The van der Waals surface area contributed by atoms with Crippen LogP contribution >= 0.6 is 0 Å². The average molecular weight is 323 g/mol. The minimum atomic E-state index is -0.591. The van der Waals surface area contributed by atoms with Crippen LogP contribution in [0.1, 0.15) is 5.56 Å². The minimum Gasteiger partial charge on any atom is -0.389 e. The van der Waals surface area contributed by atoms with E-state index in [-0.39, 0.29) is 6.61 Å². The molecule has 1 unspecified atom stereocenters. The lowest BCUT2D eigenvalue weighted by Crippen LogP contribution is -2.32. The normalized spacial score (nSPS) is 12.2. The Morgan fingerprint density at radius 3 is 2.54 bits per heavy atom. The molecule has 0 aliphatic rings. The Morgan fingerprint density at radius 1 is 1.04 bits per heavy atom. The zero-order valence-electron chi connectivity index (χ0n) is 13.7. The Kier molecular flexibility index (Phi) is 5.36. The predicted molar refractivity (Wildman–Crippen MR) is 94.9 cm³/mol. The zero-order valence-corrected chi connectivity index (χ0v) is 13.7. The molecule has 3 rings (SSSR count). The number of aliphatic hydroxyl groups excluding tert-OH is 1. The van der Waals surface area contributed by atoms with Crippen LogP contribution in [-0.4, -0.2) is 41.4 Å². The Balaban J connectivity index is 1.52. The summed E-state index contributed by atoms with van der Waals surface area (Å²) in [7, 11) is 1.89. The lowest BCUT2D eigenvalue weighted by molar-refractivity contribution is 0.0324. The molecular formula is C19H21N3O2. The summed E-state index contributed by atoms with van der Waals surface area (Å²) in [5.41, 5.74) is 2.80. The summed E-state index contributed by atoms with van der Waals surface area (Å²) in [4.78, 5) is 10.8. The Morgan fingerprint density at radius 2 is 1.75 bits per heavy atom. The third-order valence-electron chi connectivity index (χ3n) is 3.73. The molecule has 5 heteroatoms. The number of anilines is 1. The van der Waals surface area contributed by atoms with E-state index in [9.17, 15) is 5.11 Å². The van der Waals surface area contributed by atoms with E-state index in [0.717, 1.165) is 22.4 Å². The largest absolute Gasteiger partial charge is 0.389 e. The molecule has 0 bridgehead atoms. The Labute approximate surface area is 141 Å². The fraction of sp³-hybridized carbons (Fsp3) is 0.263. The van der Waals surface area contributed by atoms with Crippen LogP contribution in [0.5, 0.6) is 0 Å². The van der Waals surface area contributed by atoms with E-state index in [1.165, 1.54) is 0 Å². The molecule has 0 spiro atoms. The maximum absolute atomic E-state index is 10.2. The molecule has 1 atom stereocenters. The standard InChI is InChI=1S/C19H21N3O2/c1-22(19-11-20-17-9-5-6-10-18(17)21-19)12-16(23)14-24-13-15-7-3-2-4-8-15/h2-11,16,23H,12-14H2,1H3. The number of ether oxygens (including phenoxy) is 1. The number of benzene rings is 2. The predicted octanol–water partition coefficient (Wildman–Crippen LogP) is 2.64. The molecular weight excluding hydrogens is 302 g/mol. The first-order chi connectivity index (χ1) is 11.7. The van der Waals surface area contributed by atoms with Gasteiger partial charge in [0.15, 0.2) is 0 Å². The number of para-hydroxylation sites is 2. The summed E-state index contributed by atoms with van der Waals surface area (Å²) < 4.78 is 5.58. The second-order valence-electron chi connectivity index (χ2n) is 5.75. The number of rotatable bonds is 7. The highest BCUT2D eigenvalue weighted by Crippen LogP contribution is 2.14. The van der Waals surface area contributed by atoms with Crippen molar-refractivity contribution in [1.82, 2.24) is 9.97 Å². The molecule has 0 fully saturated rings. The number of fused-ring (bicyclic) bond motifs is 1. The van der Waals surface area contributed by atoms with Crippen molar-refractivity contribution in [1.29, 1.82) is 0 Å². The van der Waals surface area contributed by atoms with Gasteiger partial charge in [-0.15, -0.1) is 0 Å². The van der Waals surface area contributed by atoms with Gasteiger partial charge in [-0.2, -0.15) is 0 Å². The van der Waals surface area contributed by atoms with Crippen LogP contribution in [0.4, 0.5) is 5.82 Å². The van der Waals surface area contributed by atoms with Crippen molar-refractivity contribution >= 4 is 16.9 Å². The highest BCUT2D eigenvalue weighted by atomic mass is 16.5. The zero-order chi connectivity index (χ0) is 16.8. The second-order valence-corrected chi connectivity index (χ2v) is 5.75. The van der Waals surface area contributed by atoms with Gasteiger partial charge in [0, 0.05) is 13.6 Å². The van der Waals surface area contributed by atoms with Gasteiger partial charge in [-0.05, 0) is 17.7 Å². The van der Waals surface area contributed by atoms with E-state index >= 15 is 0 Å². The molecule has 1 heterocycles. The lowest BCUT2D eigenvalue weighted by Gasteiger charge is -2.21. The summed E-state index contributed by atoms with van der Waals surface area (Å²) in [5, 5.41) is 10.2. The average Bonchev–Trinajstić information content (AvgIpc) is 2.62. The van der Waals surface area contributed by atoms with Gasteiger partial charge in [-0.3, -0.25) is 4.98 Å². The third-order valence-corrected chi connectivity index (χ3v) is 3.73. The van der Waals surface area contributed by atoms with E-state index in [1.54, 1.807) is 6.20 Å². The fourth-order valence-electron chi connectivity index (χ4n) is 2.48. The molecule has 0 saturated carbocycles. The molecule has 1 aromatic heterocycles. The van der Waals surface area contributed by atoms with Crippen molar-refractivity contribution < 1.29 is 9.84 Å². The molecule has 5 nitrogen and oxygen atoms in total. The van der Waals surface area contributed by atoms with E-state index in [0.29, 0.717) is 13.2 Å². The topological polar surface area (TPSA) is 58.5 Å². The van der Waals surface area contributed by atoms with Crippen LogP contribution in [0.15, 0.2) is 60.8 Å².